The fourth-order valence-electron chi connectivity index (χ4n) is 2.86. The Bertz CT molecular complexity index is 802. The van der Waals surface area contributed by atoms with Gasteiger partial charge in [-0.1, -0.05) is 6.08 Å². The predicted molar refractivity (Wildman–Crippen MR) is 94.2 cm³/mol. The van der Waals surface area contributed by atoms with E-state index in [2.05, 4.69) is 16.9 Å². The number of nitrogens with one attached hydrogen (secondary N) is 1. The Morgan fingerprint density at radius 1 is 1.58 bits per heavy atom. The van der Waals surface area contributed by atoms with E-state index in [4.69, 9.17) is 4.74 Å². The number of anilines is 1. The van der Waals surface area contributed by atoms with Crippen LogP contribution < -0.4 is 5.32 Å². The molecule has 26 heavy (non-hydrogen) atoms. The average Bonchev–Trinajstić information content (AvgIpc) is 3.04. The van der Waals surface area contributed by atoms with Gasteiger partial charge in [-0.3, -0.25) is 14.5 Å². The molecule has 138 valence electrons. The zero-order valence-electron chi connectivity index (χ0n) is 14.0. The molecule has 0 aromatic carbocycles. The zero-order chi connectivity index (χ0) is 18.8. The van der Waals surface area contributed by atoms with Gasteiger partial charge in [-0.25, -0.2) is 9.78 Å². The van der Waals surface area contributed by atoms with E-state index >= 15 is 0 Å². The Kier molecular flexibility index (Phi) is 5.03. The quantitative estimate of drug-likeness (QED) is 0.404. The van der Waals surface area contributed by atoms with Crippen molar-refractivity contribution in [3.8, 4) is 0 Å². The van der Waals surface area contributed by atoms with Crippen LogP contribution in [0.25, 0.3) is 0 Å². The lowest BCUT2D eigenvalue weighted by atomic mass is 10.0. The lowest BCUT2D eigenvalue weighted by molar-refractivity contribution is -0.147. The molecular weight excluding hydrogens is 360 g/mol. The molecule has 1 fully saturated rings. The highest BCUT2D eigenvalue weighted by Crippen LogP contribution is 2.41. The van der Waals surface area contributed by atoms with Gasteiger partial charge in [-0.15, -0.1) is 18.3 Å². The summed E-state index contributed by atoms with van der Waals surface area (Å²) in [6.45, 7) is 5.33. The summed E-state index contributed by atoms with van der Waals surface area (Å²) >= 11 is 1.42. The summed E-state index contributed by atoms with van der Waals surface area (Å²) in [5.41, 5.74) is 0.307. The Balaban J connectivity index is 1.78. The van der Waals surface area contributed by atoms with Crippen molar-refractivity contribution in [1.82, 2.24) is 14.5 Å². The number of imidazole rings is 1. The van der Waals surface area contributed by atoms with Crippen molar-refractivity contribution < 1.29 is 24.2 Å². The van der Waals surface area contributed by atoms with E-state index in [9.17, 15) is 19.5 Å². The number of allylic oxidation sites excluding steroid dienone is 1. The molecule has 10 heteroatoms. The first kappa shape index (κ1) is 18.1. The van der Waals surface area contributed by atoms with Crippen molar-refractivity contribution >= 4 is 35.6 Å². The molecule has 1 unspecified atom stereocenters. The molecule has 0 radical (unpaired) electrons. The van der Waals surface area contributed by atoms with E-state index < -0.39 is 18.0 Å². The number of esters is 1. The van der Waals surface area contributed by atoms with Crippen LogP contribution in [0.4, 0.5) is 5.95 Å². The van der Waals surface area contributed by atoms with Gasteiger partial charge in [0.25, 0.3) is 5.91 Å². The van der Waals surface area contributed by atoms with Gasteiger partial charge in [0.05, 0.1) is 0 Å². The smallest absolute Gasteiger partial charge is 0.352 e. The largest absolute Gasteiger partial charge is 0.477 e. The number of carbonyl (C=O) groups is 3. The van der Waals surface area contributed by atoms with Crippen molar-refractivity contribution in [2.75, 3.05) is 17.7 Å². The minimum absolute atomic E-state index is 0.104. The van der Waals surface area contributed by atoms with Gasteiger partial charge in [0.1, 0.15) is 23.7 Å². The summed E-state index contributed by atoms with van der Waals surface area (Å²) in [5.74, 6) is -1.18. The van der Waals surface area contributed by atoms with Crippen LogP contribution in [0.2, 0.25) is 0 Å². The number of nitrogens with zero attached hydrogens (tertiary/aromatic N) is 3. The molecule has 0 bridgehead atoms. The van der Waals surface area contributed by atoms with Crippen LogP contribution in [-0.4, -0.2) is 61.2 Å². The van der Waals surface area contributed by atoms with E-state index in [0.717, 1.165) is 0 Å². The first-order valence-electron chi connectivity index (χ1n) is 7.86. The highest BCUT2D eigenvalue weighted by molar-refractivity contribution is 8.00. The van der Waals surface area contributed by atoms with Crippen molar-refractivity contribution in [1.29, 1.82) is 0 Å². The lowest BCUT2D eigenvalue weighted by Gasteiger charge is -2.49. The topological polar surface area (TPSA) is 114 Å². The zero-order valence-corrected chi connectivity index (χ0v) is 14.9. The average molecular weight is 378 g/mol. The first-order chi connectivity index (χ1) is 12.4. The molecule has 1 amide bonds. The van der Waals surface area contributed by atoms with Gasteiger partial charge in [0.15, 0.2) is 0 Å². The van der Waals surface area contributed by atoms with Crippen LogP contribution >= 0.6 is 11.8 Å². The van der Waals surface area contributed by atoms with E-state index in [1.807, 2.05) is 0 Å². The number of aromatic nitrogens is 2. The van der Waals surface area contributed by atoms with Crippen LogP contribution in [0.15, 0.2) is 36.3 Å². The monoisotopic (exact) mass is 378 g/mol. The van der Waals surface area contributed by atoms with Gasteiger partial charge in [0.2, 0.25) is 5.95 Å². The number of carboxylic acid groups (broad SMARTS) is 1. The molecule has 0 saturated carbocycles. The Morgan fingerprint density at radius 2 is 2.35 bits per heavy atom. The SMILES string of the molecule is C=CCn1ccnc1NC1C(=O)N2C(C(=O)O)=C(COC(C)=O)CS[C@@H]12. The third-order valence-electron chi connectivity index (χ3n) is 4.03. The molecule has 1 aromatic heterocycles. The standard InChI is InChI=1S/C16H18N4O5S/c1-3-5-19-6-4-17-16(19)18-11-13(22)20-12(15(23)24)10(7-25-9(2)21)8-26-14(11)20/h3-4,6,11,14H,1,5,7-8H2,2H3,(H,17,18)(H,23,24)/t11?,14-/m0/s1. The highest BCUT2D eigenvalue weighted by Gasteiger charge is 2.54. The van der Waals surface area contributed by atoms with Crippen molar-refractivity contribution in [3.05, 3.63) is 36.3 Å². The molecule has 2 aliphatic rings. The minimum Gasteiger partial charge on any atom is -0.477 e. The number of carbonyl (C=O) groups excluding carboxylic acids is 2. The van der Waals surface area contributed by atoms with Gasteiger partial charge in [0, 0.05) is 37.2 Å². The number of amides is 1. The fraction of sp³-hybridized carbons (Fsp3) is 0.375. The van der Waals surface area contributed by atoms with Crippen molar-refractivity contribution in [2.24, 2.45) is 0 Å². The van der Waals surface area contributed by atoms with Gasteiger partial charge in [-0.2, -0.15) is 0 Å². The van der Waals surface area contributed by atoms with Gasteiger partial charge >= 0.3 is 11.9 Å². The third kappa shape index (κ3) is 3.19. The summed E-state index contributed by atoms with van der Waals surface area (Å²) in [6, 6.07) is -0.574. The number of fused-ring (bicyclic) bond motifs is 1. The van der Waals surface area contributed by atoms with Crippen LogP contribution in [-0.2, 0) is 25.7 Å². The van der Waals surface area contributed by atoms with E-state index in [1.165, 1.54) is 23.6 Å². The summed E-state index contributed by atoms with van der Waals surface area (Å²) < 4.78 is 6.71. The normalized spacial score (nSPS) is 21.7. The molecule has 2 N–H and O–H groups in total. The number of hydrogen-bond donors (Lipinski definition) is 2. The Morgan fingerprint density at radius 3 is 3.00 bits per heavy atom. The molecule has 0 spiro atoms. The molecular formula is C16H18N4O5S. The third-order valence-corrected chi connectivity index (χ3v) is 5.36. The minimum atomic E-state index is -1.21. The molecule has 2 aliphatic heterocycles. The number of rotatable bonds is 7. The van der Waals surface area contributed by atoms with E-state index in [0.29, 0.717) is 23.8 Å². The number of hydrogen-bond acceptors (Lipinski definition) is 7. The molecule has 2 atom stereocenters. The summed E-state index contributed by atoms with van der Waals surface area (Å²) in [6.07, 6.45) is 5.09. The van der Waals surface area contributed by atoms with Crippen LogP contribution in [0, 0.1) is 0 Å². The molecule has 0 aliphatic carbocycles. The number of β-lactam (4-membered cyclic amide) rings is 1. The maximum Gasteiger partial charge on any atom is 0.352 e. The highest BCUT2D eigenvalue weighted by atomic mass is 32.2. The number of aliphatic carboxylic acids is 1. The van der Waals surface area contributed by atoms with Crippen LogP contribution in [0.3, 0.4) is 0 Å². The maximum atomic E-state index is 12.6. The lowest BCUT2D eigenvalue weighted by Crippen LogP contribution is -2.68. The fourth-order valence-corrected chi connectivity index (χ4v) is 4.19. The van der Waals surface area contributed by atoms with E-state index in [1.54, 1.807) is 23.0 Å². The summed E-state index contributed by atoms with van der Waals surface area (Å²) in [5, 5.41) is 12.2. The number of thioether (sulfide) groups is 1. The number of ether oxygens (including phenoxy) is 1. The summed E-state index contributed by atoms with van der Waals surface area (Å²) in [4.78, 5) is 40.7. The second-order valence-electron chi connectivity index (χ2n) is 5.76. The summed E-state index contributed by atoms with van der Waals surface area (Å²) in [7, 11) is 0. The van der Waals surface area contributed by atoms with Gasteiger partial charge < -0.3 is 19.7 Å². The molecule has 3 heterocycles. The van der Waals surface area contributed by atoms with Gasteiger partial charge in [-0.05, 0) is 0 Å². The number of carboxylic acids is 1. The second kappa shape index (κ2) is 7.24. The maximum absolute atomic E-state index is 12.6. The predicted octanol–water partition coefficient (Wildman–Crippen LogP) is 0.666. The first-order valence-corrected chi connectivity index (χ1v) is 8.90. The second-order valence-corrected chi connectivity index (χ2v) is 6.87. The van der Waals surface area contributed by atoms with E-state index in [-0.39, 0.29) is 23.6 Å². The Labute approximate surface area is 153 Å². The van der Waals surface area contributed by atoms with Crippen molar-refractivity contribution in [3.63, 3.8) is 0 Å². The molecule has 9 nitrogen and oxygen atoms in total. The van der Waals surface area contributed by atoms with Crippen LogP contribution in [0.5, 0.6) is 0 Å². The van der Waals surface area contributed by atoms with Crippen LogP contribution in [0.1, 0.15) is 6.92 Å². The Hall–Kier alpha value is -2.75. The molecule has 1 aromatic rings. The molecule has 1 saturated heterocycles. The molecule has 3 rings (SSSR count). The van der Waals surface area contributed by atoms with Crippen molar-refractivity contribution in [2.45, 2.75) is 24.9 Å².